The van der Waals surface area contributed by atoms with E-state index in [-0.39, 0.29) is 0 Å². The maximum Gasteiger partial charge on any atom is 0.167 e. The molecule has 1 N–H and O–H groups in total. The van der Waals surface area contributed by atoms with Gasteiger partial charge in [0.15, 0.2) is 14.5 Å². The van der Waals surface area contributed by atoms with E-state index >= 15 is 0 Å². The zero-order valence-corrected chi connectivity index (χ0v) is 10.2. The Hall–Kier alpha value is -0.290. The summed E-state index contributed by atoms with van der Waals surface area (Å²) in [7, 11) is -3.49. The molecule has 2 atom stereocenters. The summed E-state index contributed by atoms with van der Waals surface area (Å²) >= 11 is 11.3. The number of aliphatic hydroxyl groups is 1. The molecule has 0 aliphatic rings. The van der Waals surface area contributed by atoms with E-state index in [4.69, 9.17) is 23.2 Å². The number of hydrogen-bond acceptors (Lipinski definition) is 3. The molecule has 0 fully saturated rings. The highest BCUT2D eigenvalue weighted by molar-refractivity contribution is 7.92. The van der Waals surface area contributed by atoms with E-state index in [1.165, 1.54) is 6.07 Å². The first-order valence-electron chi connectivity index (χ1n) is 4.09. The molecule has 6 heteroatoms. The molecule has 15 heavy (non-hydrogen) atoms. The van der Waals surface area contributed by atoms with E-state index in [1.807, 2.05) is 0 Å². The van der Waals surface area contributed by atoms with Crippen LogP contribution in [0.3, 0.4) is 0 Å². The van der Waals surface area contributed by atoms with Gasteiger partial charge in [-0.1, -0.05) is 23.7 Å². The minimum atomic E-state index is -3.49. The molecule has 0 saturated heterocycles. The number of halogens is 2. The van der Waals surface area contributed by atoms with Crippen molar-refractivity contribution in [2.24, 2.45) is 0 Å². The smallest absolute Gasteiger partial charge is 0.167 e. The fourth-order valence-corrected chi connectivity index (χ4v) is 2.05. The van der Waals surface area contributed by atoms with E-state index in [2.05, 4.69) is 0 Å². The van der Waals surface area contributed by atoms with Gasteiger partial charge in [0.2, 0.25) is 0 Å². The molecule has 0 bridgehead atoms. The molecule has 0 spiro atoms. The topological polar surface area (TPSA) is 54.4 Å². The number of benzene rings is 1. The Balaban J connectivity index is 3.00. The van der Waals surface area contributed by atoms with Crippen molar-refractivity contribution in [2.75, 3.05) is 6.26 Å². The zero-order valence-electron chi connectivity index (χ0n) is 7.89. The SMILES string of the molecule is CS(=O)(=O)[C@H](Cl)[C@@H](O)c1cccc(Cl)c1. The van der Waals surface area contributed by atoms with Crippen LogP contribution in [0.1, 0.15) is 11.7 Å². The number of rotatable bonds is 3. The van der Waals surface area contributed by atoms with Gasteiger partial charge in [-0.2, -0.15) is 0 Å². The molecule has 0 aromatic heterocycles. The third-order valence-electron chi connectivity index (χ3n) is 1.85. The van der Waals surface area contributed by atoms with Crippen molar-refractivity contribution in [3.8, 4) is 0 Å². The van der Waals surface area contributed by atoms with Crippen molar-refractivity contribution in [1.82, 2.24) is 0 Å². The van der Waals surface area contributed by atoms with Gasteiger partial charge in [0.05, 0.1) is 0 Å². The monoisotopic (exact) mass is 268 g/mol. The Morgan fingerprint density at radius 2 is 2.00 bits per heavy atom. The molecule has 0 aliphatic carbocycles. The van der Waals surface area contributed by atoms with E-state index in [0.717, 1.165) is 6.26 Å². The highest BCUT2D eigenvalue weighted by atomic mass is 35.5. The second-order valence-electron chi connectivity index (χ2n) is 3.18. The lowest BCUT2D eigenvalue weighted by atomic mass is 10.1. The second-order valence-corrected chi connectivity index (χ2v) is 6.51. The molecule has 0 radical (unpaired) electrons. The quantitative estimate of drug-likeness (QED) is 0.854. The average molecular weight is 269 g/mol. The van der Waals surface area contributed by atoms with Crippen LogP contribution in [0.2, 0.25) is 5.02 Å². The van der Waals surface area contributed by atoms with Crippen LogP contribution in [0.15, 0.2) is 24.3 Å². The largest absolute Gasteiger partial charge is 0.386 e. The predicted molar refractivity (Wildman–Crippen MR) is 60.9 cm³/mol. The summed E-state index contributed by atoms with van der Waals surface area (Å²) in [6.45, 7) is 0. The van der Waals surface area contributed by atoms with E-state index in [0.29, 0.717) is 10.6 Å². The third-order valence-corrected chi connectivity index (χ3v) is 4.37. The Kier molecular flexibility index (Phi) is 4.00. The molecule has 0 unspecified atom stereocenters. The van der Waals surface area contributed by atoms with Crippen molar-refractivity contribution in [2.45, 2.75) is 10.8 Å². The van der Waals surface area contributed by atoms with Gasteiger partial charge in [-0.25, -0.2) is 8.42 Å². The van der Waals surface area contributed by atoms with Crippen LogP contribution in [0, 0.1) is 0 Å². The van der Waals surface area contributed by atoms with Crippen LogP contribution in [0.4, 0.5) is 0 Å². The summed E-state index contributed by atoms with van der Waals surface area (Å²) in [5.74, 6) is 0. The predicted octanol–water partition coefficient (Wildman–Crippen LogP) is 1.98. The number of sulfone groups is 1. The lowest BCUT2D eigenvalue weighted by Crippen LogP contribution is -2.21. The van der Waals surface area contributed by atoms with Crippen LogP contribution >= 0.6 is 23.2 Å². The van der Waals surface area contributed by atoms with Gasteiger partial charge in [-0.15, -0.1) is 11.6 Å². The summed E-state index contributed by atoms with van der Waals surface area (Å²) in [4.78, 5) is 0. The Bertz CT molecular complexity index is 444. The van der Waals surface area contributed by atoms with Crippen molar-refractivity contribution in [3.63, 3.8) is 0 Å². The molecule has 1 rings (SSSR count). The van der Waals surface area contributed by atoms with Crippen LogP contribution < -0.4 is 0 Å². The Morgan fingerprint density at radius 1 is 1.40 bits per heavy atom. The van der Waals surface area contributed by atoms with Crippen molar-refractivity contribution < 1.29 is 13.5 Å². The summed E-state index contributed by atoms with van der Waals surface area (Å²) < 4.78 is 20.8. The second kappa shape index (κ2) is 4.70. The maximum absolute atomic E-state index is 11.1. The first-order chi connectivity index (χ1) is 6.82. The molecule has 0 amide bonds. The molecule has 1 aromatic carbocycles. The van der Waals surface area contributed by atoms with E-state index in [1.54, 1.807) is 18.2 Å². The fraction of sp³-hybridized carbons (Fsp3) is 0.333. The van der Waals surface area contributed by atoms with Gasteiger partial charge in [0.25, 0.3) is 0 Å². The molecular weight excluding hydrogens is 259 g/mol. The van der Waals surface area contributed by atoms with Crippen LogP contribution in [0.25, 0.3) is 0 Å². The molecule has 1 aromatic rings. The van der Waals surface area contributed by atoms with Gasteiger partial charge in [-0.3, -0.25) is 0 Å². The minimum absolute atomic E-state index is 0.382. The Labute approximate surface area is 98.6 Å². The summed E-state index contributed by atoms with van der Waals surface area (Å²) in [5, 5.41) is 10.1. The molecule has 0 heterocycles. The first-order valence-corrected chi connectivity index (χ1v) is 6.86. The Morgan fingerprint density at radius 3 is 2.47 bits per heavy atom. The maximum atomic E-state index is 11.1. The average Bonchev–Trinajstić information content (AvgIpc) is 2.14. The van der Waals surface area contributed by atoms with E-state index < -0.39 is 20.7 Å². The lowest BCUT2D eigenvalue weighted by molar-refractivity contribution is 0.192. The summed E-state index contributed by atoms with van der Waals surface area (Å²) in [6.07, 6.45) is -0.307. The molecule has 84 valence electrons. The van der Waals surface area contributed by atoms with Gasteiger partial charge in [0.1, 0.15) is 6.10 Å². The van der Waals surface area contributed by atoms with Gasteiger partial charge >= 0.3 is 0 Å². The summed E-state index contributed by atoms with van der Waals surface area (Å²) in [5.41, 5.74) is 0.382. The highest BCUT2D eigenvalue weighted by Gasteiger charge is 2.27. The van der Waals surface area contributed by atoms with Crippen LogP contribution in [0.5, 0.6) is 0 Å². The molecular formula is C9H10Cl2O3S. The van der Waals surface area contributed by atoms with Crippen molar-refractivity contribution in [1.29, 1.82) is 0 Å². The summed E-state index contributed by atoms with van der Waals surface area (Å²) in [6, 6.07) is 6.29. The highest BCUT2D eigenvalue weighted by Crippen LogP contribution is 2.26. The van der Waals surface area contributed by atoms with Crippen molar-refractivity contribution >= 4 is 33.0 Å². The minimum Gasteiger partial charge on any atom is -0.386 e. The normalized spacial score (nSPS) is 16.0. The van der Waals surface area contributed by atoms with Crippen molar-refractivity contribution in [3.05, 3.63) is 34.9 Å². The van der Waals surface area contributed by atoms with Gasteiger partial charge in [-0.05, 0) is 17.7 Å². The number of alkyl halides is 1. The standard InChI is InChI=1S/C9H10Cl2O3S/c1-15(13,14)9(11)8(12)6-3-2-4-7(10)5-6/h2-5,8-9,12H,1H3/t8-,9-/m0/s1. The number of hydrogen-bond donors (Lipinski definition) is 1. The zero-order chi connectivity index (χ0) is 11.6. The lowest BCUT2D eigenvalue weighted by Gasteiger charge is -2.15. The molecule has 3 nitrogen and oxygen atoms in total. The van der Waals surface area contributed by atoms with Gasteiger partial charge in [0, 0.05) is 11.3 Å². The van der Waals surface area contributed by atoms with Crippen LogP contribution in [-0.2, 0) is 9.84 Å². The van der Waals surface area contributed by atoms with E-state index in [9.17, 15) is 13.5 Å². The molecule has 0 saturated carbocycles. The number of aliphatic hydroxyl groups excluding tert-OH is 1. The fourth-order valence-electron chi connectivity index (χ4n) is 1.08. The first kappa shape index (κ1) is 12.8. The van der Waals surface area contributed by atoms with Crippen LogP contribution in [-0.4, -0.2) is 24.5 Å². The van der Waals surface area contributed by atoms with Gasteiger partial charge < -0.3 is 5.11 Å². The molecule has 0 aliphatic heterocycles. The third kappa shape index (κ3) is 3.34.